The third-order valence-electron chi connectivity index (χ3n) is 2.73. The Labute approximate surface area is 126 Å². The van der Waals surface area contributed by atoms with Crippen LogP contribution >= 0.6 is 0 Å². The molecule has 124 valence electrons. The Morgan fingerprint density at radius 1 is 1.41 bits per heavy atom. The van der Waals surface area contributed by atoms with Crippen LogP contribution in [0.4, 0.5) is 23.7 Å². The molecule has 1 aromatic carbocycles. The Morgan fingerprint density at radius 2 is 2.14 bits per heavy atom. The Hall–Kier alpha value is -1.96. The average Bonchev–Trinajstić information content (AvgIpc) is 2.45. The Morgan fingerprint density at radius 3 is 2.77 bits per heavy atom. The first-order valence-corrected chi connectivity index (χ1v) is 6.81. The van der Waals surface area contributed by atoms with Gasteiger partial charge in [-0.2, -0.15) is 0 Å². The van der Waals surface area contributed by atoms with E-state index in [1.165, 1.54) is 6.07 Å². The number of hydrogen-bond acceptors (Lipinski definition) is 3. The molecule has 0 saturated carbocycles. The fourth-order valence-electron chi connectivity index (χ4n) is 1.72. The van der Waals surface area contributed by atoms with E-state index in [9.17, 15) is 18.0 Å². The second kappa shape index (κ2) is 9.14. The third kappa shape index (κ3) is 6.66. The van der Waals surface area contributed by atoms with Crippen LogP contribution in [0.3, 0.4) is 0 Å². The molecule has 5 nitrogen and oxygen atoms in total. The quantitative estimate of drug-likeness (QED) is 0.690. The van der Waals surface area contributed by atoms with Crippen LogP contribution in [0.1, 0.15) is 19.8 Å². The van der Waals surface area contributed by atoms with Gasteiger partial charge in [0.15, 0.2) is 0 Å². The van der Waals surface area contributed by atoms with Crippen LogP contribution in [-0.2, 0) is 0 Å². The van der Waals surface area contributed by atoms with Gasteiger partial charge in [0.1, 0.15) is 18.2 Å². The molecular weight excluding hydrogens is 301 g/mol. The number of urea groups is 1. The summed E-state index contributed by atoms with van der Waals surface area (Å²) in [4.78, 5) is 11.8. The predicted molar refractivity (Wildman–Crippen MR) is 75.8 cm³/mol. The number of benzene rings is 1. The maximum Gasteiger partial charge on any atom is 0.319 e. The molecule has 0 saturated heterocycles. The van der Waals surface area contributed by atoms with E-state index in [1.807, 2.05) is 0 Å². The molecule has 1 rings (SSSR count). The van der Waals surface area contributed by atoms with Crippen LogP contribution in [0.5, 0.6) is 5.75 Å². The van der Waals surface area contributed by atoms with Crippen molar-refractivity contribution in [3.63, 3.8) is 0 Å². The number of amides is 2. The second-order valence-electron chi connectivity index (χ2n) is 4.71. The van der Waals surface area contributed by atoms with Gasteiger partial charge in [0, 0.05) is 18.7 Å². The first-order valence-electron chi connectivity index (χ1n) is 6.81. The van der Waals surface area contributed by atoms with E-state index in [4.69, 9.17) is 9.84 Å². The molecule has 0 aliphatic heterocycles. The van der Waals surface area contributed by atoms with Crippen molar-refractivity contribution in [2.45, 2.75) is 32.2 Å². The minimum atomic E-state index is -2.71. The van der Waals surface area contributed by atoms with Gasteiger partial charge in [0.2, 0.25) is 0 Å². The van der Waals surface area contributed by atoms with Crippen molar-refractivity contribution in [1.29, 1.82) is 0 Å². The van der Waals surface area contributed by atoms with Gasteiger partial charge in [-0.1, -0.05) is 0 Å². The van der Waals surface area contributed by atoms with Crippen LogP contribution in [0, 0.1) is 5.82 Å². The zero-order valence-corrected chi connectivity index (χ0v) is 12.1. The van der Waals surface area contributed by atoms with E-state index in [2.05, 4.69) is 10.6 Å². The lowest BCUT2D eigenvalue weighted by atomic mass is 10.2. The number of carbonyl (C=O) groups excluding carboxylic acids is 1. The van der Waals surface area contributed by atoms with Crippen LogP contribution in [-0.4, -0.2) is 36.8 Å². The maximum absolute atomic E-state index is 13.1. The minimum Gasteiger partial charge on any atom is -0.485 e. The highest BCUT2D eigenvalue weighted by Crippen LogP contribution is 2.25. The van der Waals surface area contributed by atoms with Gasteiger partial charge >= 0.3 is 6.03 Å². The molecule has 1 atom stereocenters. The normalized spacial score (nSPS) is 12.1. The number of alkyl halides is 2. The summed E-state index contributed by atoms with van der Waals surface area (Å²) >= 11 is 0. The molecule has 0 aromatic heterocycles. The summed E-state index contributed by atoms with van der Waals surface area (Å²) in [5, 5.41) is 13.7. The summed E-state index contributed by atoms with van der Waals surface area (Å²) in [7, 11) is 0. The van der Waals surface area contributed by atoms with Crippen LogP contribution in [0.25, 0.3) is 0 Å². The molecule has 0 bridgehead atoms. The second-order valence-corrected chi connectivity index (χ2v) is 4.71. The molecular formula is C14H19F3N2O3. The van der Waals surface area contributed by atoms with Gasteiger partial charge in [-0.05, 0) is 31.9 Å². The van der Waals surface area contributed by atoms with Crippen molar-refractivity contribution in [2.75, 3.05) is 18.5 Å². The molecule has 22 heavy (non-hydrogen) atoms. The molecule has 8 heteroatoms. The van der Waals surface area contributed by atoms with Gasteiger partial charge in [0.25, 0.3) is 6.43 Å². The van der Waals surface area contributed by atoms with Crippen molar-refractivity contribution < 1.29 is 27.8 Å². The van der Waals surface area contributed by atoms with Crippen molar-refractivity contribution in [3.8, 4) is 5.75 Å². The average molecular weight is 320 g/mol. The first kappa shape index (κ1) is 18.1. The highest BCUT2D eigenvalue weighted by molar-refractivity contribution is 5.91. The molecule has 0 fully saturated rings. The van der Waals surface area contributed by atoms with Crippen LogP contribution in [0.2, 0.25) is 0 Å². The maximum atomic E-state index is 13.1. The topological polar surface area (TPSA) is 70.6 Å². The number of halogens is 3. The highest BCUT2D eigenvalue weighted by atomic mass is 19.3. The molecule has 0 heterocycles. The SMILES string of the molecule is CC(CCCO)NC(=O)Nc1ccc(F)cc1OCC(F)F. The van der Waals surface area contributed by atoms with E-state index < -0.39 is 24.9 Å². The van der Waals surface area contributed by atoms with Gasteiger partial charge in [0.05, 0.1) is 5.69 Å². The number of anilines is 1. The van der Waals surface area contributed by atoms with Gasteiger partial charge < -0.3 is 20.5 Å². The molecule has 0 radical (unpaired) electrons. The predicted octanol–water partition coefficient (Wildman–Crippen LogP) is 2.75. The number of aliphatic hydroxyl groups excluding tert-OH is 1. The molecule has 3 N–H and O–H groups in total. The summed E-state index contributed by atoms with van der Waals surface area (Å²) in [6.07, 6.45) is -1.58. The van der Waals surface area contributed by atoms with Crippen LogP contribution in [0.15, 0.2) is 18.2 Å². The van der Waals surface area contributed by atoms with E-state index in [0.29, 0.717) is 12.8 Å². The Bertz CT molecular complexity index is 486. The summed E-state index contributed by atoms with van der Waals surface area (Å²) < 4.78 is 42.3. The lowest BCUT2D eigenvalue weighted by Gasteiger charge is -2.16. The zero-order valence-electron chi connectivity index (χ0n) is 12.1. The monoisotopic (exact) mass is 320 g/mol. The summed E-state index contributed by atoms with van der Waals surface area (Å²) in [5.41, 5.74) is 0.0916. The van der Waals surface area contributed by atoms with E-state index >= 15 is 0 Å². The molecule has 0 spiro atoms. The van der Waals surface area contributed by atoms with Crippen LogP contribution < -0.4 is 15.4 Å². The molecule has 1 unspecified atom stereocenters. The Kier molecular flexibility index (Phi) is 7.51. The van der Waals surface area contributed by atoms with E-state index in [-0.39, 0.29) is 24.1 Å². The lowest BCUT2D eigenvalue weighted by molar-refractivity contribution is 0.0821. The number of rotatable bonds is 8. The standard InChI is InChI=1S/C14H19F3N2O3/c1-9(3-2-6-20)18-14(21)19-11-5-4-10(15)7-12(11)22-8-13(16)17/h4-5,7,9,13,20H,2-3,6,8H2,1H3,(H2,18,19,21). The molecule has 2 amide bonds. The summed E-state index contributed by atoms with van der Waals surface area (Å²) in [6, 6.07) is 2.48. The summed E-state index contributed by atoms with van der Waals surface area (Å²) in [5.74, 6) is -0.829. The van der Waals surface area contributed by atoms with Crippen molar-refractivity contribution in [2.24, 2.45) is 0 Å². The smallest absolute Gasteiger partial charge is 0.319 e. The van der Waals surface area contributed by atoms with E-state index in [1.54, 1.807) is 6.92 Å². The first-order chi connectivity index (χ1) is 10.4. The zero-order chi connectivity index (χ0) is 16.5. The Balaban J connectivity index is 2.65. The van der Waals surface area contributed by atoms with E-state index in [0.717, 1.165) is 12.1 Å². The van der Waals surface area contributed by atoms with Crippen molar-refractivity contribution in [3.05, 3.63) is 24.0 Å². The molecule has 0 aliphatic carbocycles. The molecule has 1 aromatic rings. The van der Waals surface area contributed by atoms with Gasteiger partial charge in [-0.3, -0.25) is 0 Å². The highest BCUT2D eigenvalue weighted by Gasteiger charge is 2.13. The number of ether oxygens (including phenoxy) is 1. The van der Waals surface area contributed by atoms with Gasteiger partial charge in [-0.15, -0.1) is 0 Å². The largest absolute Gasteiger partial charge is 0.485 e. The number of nitrogens with one attached hydrogen (secondary N) is 2. The third-order valence-corrected chi connectivity index (χ3v) is 2.73. The minimum absolute atomic E-state index is 0.0250. The number of aliphatic hydroxyl groups is 1. The fourth-order valence-corrected chi connectivity index (χ4v) is 1.72. The summed E-state index contributed by atoms with van der Waals surface area (Å²) in [6.45, 7) is 0.887. The van der Waals surface area contributed by atoms with Gasteiger partial charge in [-0.25, -0.2) is 18.0 Å². The number of hydrogen-bond donors (Lipinski definition) is 3. The van der Waals surface area contributed by atoms with Crippen molar-refractivity contribution >= 4 is 11.7 Å². The fraction of sp³-hybridized carbons (Fsp3) is 0.500. The molecule has 0 aliphatic rings. The lowest BCUT2D eigenvalue weighted by Crippen LogP contribution is -2.36. The number of carbonyl (C=O) groups is 1. The van der Waals surface area contributed by atoms with Crippen molar-refractivity contribution in [1.82, 2.24) is 5.32 Å².